The van der Waals surface area contributed by atoms with Gasteiger partial charge in [0, 0.05) is 12.1 Å². The zero-order valence-corrected chi connectivity index (χ0v) is 10.2. The van der Waals surface area contributed by atoms with E-state index in [9.17, 15) is 10.1 Å². The number of rotatable bonds is 2. The van der Waals surface area contributed by atoms with Crippen molar-refractivity contribution in [3.8, 4) is 0 Å². The van der Waals surface area contributed by atoms with Crippen LogP contribution < -0.4 is 0 Å². The lowest BCUT2D eigenvalue weighted by Crippen LogP contribution is -2.00. The number of nitro benzene ring substituents is 1. The molecule has 0 N–H and O–H groups in total. The molecule has 2 rings (SSSR count). The number of hydrogen-bond donors (Lipinski definition) is 0. The Kier molecular flexibility index (Phi) is 2.34. The molecule has 1 aliphatic rings. The Morgan fingerprint density at radius 2 is 1.73 bits per heavy atom. The van der Waals surface area contributed by atoms with Crippen LogP contribution in [0.2, 0.25) is 0 Å². The van der Waals surface area contributed by atoms with E-state index in [2.05, 4.69) is 29.8 Å². The molecule has 1 unspecified atom stereocenters. The minimum Gasteiger partial charge on any atom is -0.258 e. The van der Waals surface area contributed by atoms with E-state index in [1.54, 1.807) is 12.1 Å². The van der Waals surface area contributed by atoms with Crippen molar-refractivity contribution in [1.29, 1.82) is 0 Å². The minimum atomic E-state index is -0.371. The molecule has 1 aromatic rings. The van der Waals surface area contributed by atoms with Crippen molar-refractivity contribution in [2.45, 2.75) is 18.2 Å². The van der Waals surface area contributed by atoms with Gasteiger partial charge in [0.25, 0.3) is 5.69 Å². The largest absolute Gasteiger partial charge is 0.269 e. The highest BCUT2D eigenvalue weighted by Gasteiger charge is 2.58. The molecule has 0 saturated heterocycles. The van der Waals surface area contributed by atoms with E-state index in [4.69, 9.17) is 0 Å². The summed E-state index contributed by atoms with van der Waals surface area (Å²) in [5, 5.41) is 10.5. The van der Waals surface area contributed by atoms with Crippen LogP contribution >= 0.6 is 15.9 Å². The number of halogens is 1. The van der Waals surface area contributed by atoms with Crippen LogP contribution in [0.25, 0.3) is 0 Å². The lowest BCUT2D eigenvalue weighted by Gasteiger charge is -2.08. The zero-order chi connectivity index (χ0) is 11.2. The molecule has 1 saturated carbocycles. The predicted octanol–water partition coefficient (Wildman–Crippen LogP) is 3.47. The summed E-state index contributed by atoms with van der Waals surface area (Å²) in [7, 11) is 0. The summed E-state index contributed by atoms with van der Waals surface area (Å²) in [6.45, 7) is 4.36. The van der Waals surface area contributed by atoms with Crippen LogP contribution in [-0.2, 0) is 4.32 Å². The van der Waals surface area contributed by atoms with Crippen molar-refractivity contribution in [3.63, 3.8) is 0 Å². The van der Waals surface area contributed by atoms with Crippen LogP contribution in [0.3, 0.4) is 0 Å². The van der Waals surface area contributed by atoms with E-state index in [0.29, 0.717) is 11.8 Å². The van der Waals surface area contributed by atoms with Crippen molar-refractivity contribution in [2.75, 3.05) is 0 Å². The summed E-state index contributed by atoms with van der Waals surface area (Å²) >= 11 is 3.72. The Labute approximate surface area is 96.8 Å². The third-order valence-electron chi connectivity index (χ3n) is 3.49. The van der Waals surface area contributed by atoms with E-state index in [0.717, 1.165) is 5.56 Å². The Morgan fingerprint density at radius 3 is 2.07 bits per heavy atom. The highest BCUT2D eigenvalue weighted by Crippen LogP contribution is 2.64. The molecule has 0 radical (unpaired) electrons. The maximum atomic E-state index is 10.5. The van der Waals surface area contributed by atoms with Crippen LogP contribution in [0, 0.1) is 22.0 Å². The predicted molar refractivity (Wildman–Crippen MR) is 62.0 cm³/mol. The molecule has 1 aliphatic carbocycles. The zero-order valence-electron chi connectivity index (χ0n) is 8.61. The Hall–Kier alpha value is -0.900. The molecule has 3 nitrogen and oxygen atoms in total. The second-order valence-corrected chi connectivity index (χ2v) is 5.46. The van der Waals surface area contributed by atoms with Gasteiger partial charge < -0.3 is 0 Å². The molecule has 0 bridgehead atoms. The quantitative estimate of drug-likeness (QED) is 0.469. The van der Waals surface area contributed by atoms with Gasteiger partial charge in [-0.2, -0.15) is 0 Å². The van der Waals surface area contributed by atoms with Crippen LogP contribution in [0.4, 0.5) is 5.69 Å². The van der Waals surface area contributed by atoms with Gasteiger partial charge in [-0.15, -0.1) is 0 Å². The van der Waals surface area contributed by atoms with Gasteiger partial charge in [0.2, 0.25) is 0 Å². The molecule has 1 aromatic carbocycles. The fraction of sp³-hybridized carbons (Fsp3) is 0.455. The number of non-ortho nitro benzene ring substituents is 1. The first-order chi connectivity index (χ1) is 6.98. The summed E-state index contributed by atoms with van der Waals surface area (Å²) in [4.78, 5) is 10.1. The van der Waals surface area contributed by atoms with Crippen LogP contribution in [0.15, 0.2) is 24.3 Å². The highest BCUT2D eigenvalue weighted by atomic mass is 79.9. The van der Waals surface area contributed by atoms with Crippen molar-refractivity contribution in [2.24, 2.45) is 11.8 Å². The SMILES string of the molecule is C[C@@H]1[C@H](C)C1(Br)c1ccc([N+](=O)[O-])cc1. The summed E-state index contributed by atoms with van der Waals surface area (Å²) in [5.74, 6) is 1.16. The van der Waals surface area contributed by atoms with Crippen molar-refractivity contribution in [1.82, 2.24) is 0 Å². The number of nitrogens with zero attached hydrogens (tertiary/aromatic N) is 1. The first-order valence-electron chi connectivity index (χ1n) is 4.91. The normalized spacial score (nSPS) is 33.8. The van der Waals surface area contributed by atoms with Crippen LogP contribution in [0.5, 0.6) is 0 Å². The number of nitro groups is 1. The first-order valence-corrected chi connectivity index (χ1v) is 5.71. The van der Waals surface area contributed by atoms with E-state index < -0.39 is 0 Å². The minimum absolute atomic E-state index is 0.0299. The molecule has 80 valence electrons. The maximum absolute atomic E-state index is 10.5. The standard InChI is InChI=1S/C11H12BrNO2/c1-7-8(2)11(7,12)9-3-5-10(6-4-9)13(14)15/h3-8H,1-2H3/t7-,8+,11?. The second kappa shape index (κ2) is 3.30. The molecule has 0 amide bonds. The first kappa shape index (κ1) is 10.6. The van der Waals surface area contributed by atoms with E-state index in [1.165, 1.54) is 0 Å². The molecule has 0 aliphatic heterocycles. The van der Waals surface area contributed by atoms with Gasteiger partial charge in [-0.05, 0) is 17.4 Å². The summed E-state index contributed by atoms with van der Waals surface area (Å²) in [6.07, 6.45) is 0. The van der Waals surface area contributed by atoms with Crippen molar-refractivity contribution in [3.05, 3.63) is 39.9 Å². The van der Waals surface area contributed by atoms with E-state index in [1.807, 2.05) is 12.1 Å². The molecule has 4 heteroatoms. The number of benzene rings is 1. The lowest BCUT2D eigenvalue weighted by molar-refractivity contribution is -0.384. The molecule has 15 heavy (non-hydrogen) atoms. The monoisotopic (exact) mass is 269 g/mol. The van der Waals surface area contributed by atoms with E-state index in [-0.39, 0.29) is 14.9 Å². The lowest BCUT2D eigenvalue weighted by atomic mass is 10.1. The topological polar surface area (TPSA) is 43.1 Å². The summed E-state index contributed by atoms with van der Waals surface area (Å²) in [5.41, 5.74) is 1.28. The number of alkyl halides is 1. The highest BCUT2D eigenvalue weighted by molar-refractivity contribution is 9.09. The molecule has 0 aromatic heterocycles. The molecule has 0 heterocycles. The van der Waals surface area contributed by atoms with Crippen LogP contribution in [0.1, 0.15) is 19.4 Å². The molecular formula is C11H12BrNO2. The molecule has 0 spiro atoms. The van der Waals surface area contributed by atoms with Gasteiger partial charge in [0.1, 0.15) is 0 Å². The van der Waals surface area contributed by atoms with E-state index >= 15 is 0 Å². The van der Waals surface area contributed by atoms with Gasteiger partial charge in [-0.3, -0.25) is 10.1 Å². The fourth-order valence-corrected chi connectivity index (χ4v) is 3.01. The molecule has 3 atom stereocenters. The van der Waals surface area contributed by atoms with Crippen LogP contribution in [-0.4, -0.2) is 4.92 Å². The average Bonchev–Trinajstić information content (AvgIpc) is 2.71. The van der Waals surface area contributed by atoms with Gasteiger partial charge in [0.05, 0.1) is 9.25 Å². The number of hydrogen-bond acceptors (Lipinski definition) is 2. The van der Waals surface area contributed by atoms with Gasteiger partial charge in [0.15, 0.2) is 0 Å². The van der Waals surface area contributed by atoms with Gasteiger partial charge >= 0.3 is 0 Å². The fourth-order valence-electron chi connectivity index (χ4n) is 2.09. The smallest absolute Gasteiger partial charge is 0.258 e. The second-order valence-electron chi connectivity index (χ2n) is 4.15. The Balaban J connectivity index is 2.29. The Morgan fingerprint density at radius 1 is 1.27 bits per heavy atom. The van der Waals surface area contributed by atoms with Crippen molar-refractivity contribution < 1.29 is 4.92 Å². The maximum Gasteiger partial charge on any atom is 0.269 e. The molecule has 1 fully saturated rings. The van der Waals surface area contributed by atoms with Gasteiger partial charge in [-0.1, -0.05) is 41.9 Å². The average molecular weight is 270 g/mol. The summed E-state index contributed by atoms with van der Waals surface area (Å²) < 4.78 is 0.0299. The van der Waals surface area contributed by atoms with Gasteiger partial charge in [-0.25, -0.2) is 0 Å². The summed E-state index contributed by atoms with van der Waals surface area (Å²) in [6, 6.07) is 6.81. The third-order valence-corrected chi connectivity index (χ3v) is 5.39. The Bertz CT molecular complexity index is 394. The van der Waals surface area contributed by atoms with Crippen molar-refractivity contribution >= 4 is 21.6 Å². The molecular weight excluding hydrogens is 258 g/mol. The third kappa shape index (κ3) is 1.47.